The molecule has 0 aliphatic rings. The summed E-state index contributed by atoms with van der Waals surface area (Å²) in [5.41, 5.74) is 3.57. The van der Waals surface area contributed by atoms with Gasteiger partial charge in [-0.25, -0.2) is 9.97 Å². The Morgan fingerprint density at radius 3 is 1.76 bits per heavy atom. The lowest BCUT2D eigenvalue weighted by Crippen LogP contribution is -2.42. The molecule has 0 fully saturated rings. The number of hydrogen-bond donors (Lipinski definition) is 3. The van der Waals surface area contributed by atoms with E-state index in [1.165, 1.54) is 27.6 Å². The van der Waals surface area contributed by atoms with Crippen LogP contribution >= 0.6 is 22.7 Å². The zero-order chi connectivity index (χ0) is 29.4. The number of imide groups is 1. The van der Waals surface area contributed by atoms with Gasteiger partial charge in [0.2, 0.25) is 30.0 Å². The monoisotopic (exact) mass is 594 g/mol. The van der Waals surface area contributed by atoms with Crippen molar-refractivity contribution in [3.05, 3.63) is 47.5 Å². The van der Waals surface area contributed by atoms with Crippen molar-refractivity contribution in [3.63, 3.8) is 0 Å². The summed E-state index contributed by atoms with van der Waals surface area (Å²) in [6.45, 7) is 3.21. The van der Waals surface area contributed by atoms with Crippen molar-refractivity contribution in [3.8, 4) is 0 Å². The van der Waals surface area contributed by atoms with Crippen molar-refractivity contribution in [2.24, 2.45) is 0 Å². The standard InChI is InChI=1S/C28H30N6O5S2/c1-17-8-6-10-19-25(17)32-27(40-19)30-22(37)14-34(24(39)13-5-3-4-12-21(36)29-16-35)15-23(38)31-28-33-26-18(2)9-7-11-20(26)41-28/h6-11,16H,3-5,12-15H2,1-2H3,(H,29,35,36)(H,30,32,37)(H,31,33,38). The Kier molecular flexibility index (Phi) is 10.1. The predicted octanol–water partition coefficient (Wildman–Crippen LogP) is 4.15. The Balaban J connectivity index is 1.39. The van der Waals surface area contributed by atoms with Crippen LogP contribution in [0, 0.1) is 13.8 Å². The average Bonchev–Trinajstić information content (AvgIpc) is 3.53. The molecule has 13 heteroatoms. The number of anilines is 2. The van der Waals surface area contributed by atoms with Crippen LogP contribution in [0.15, 0.2) is 36.4 Å². The summed E-state index contributed by atoms with van der Waals surface area (Å²) in [6, 6.07) is 11.6. The molecule has 0 radical (unpaired) electrons. The highest BCUT2D eigenvalue weighted by molar-refractivity contribution is 7.22. The zero-order valence-corrected chi connectivity index (χ0v) is 24.3. The van der Waals surface area contributed by atoms with Crippen molar-refractivity contribution in [2.45, 2.75) is 46.0 Å². The molecule has 0 aliphatic carbocycles. The number of carbonyl (C=O) groups excluding carboxylic acids is 5. The first kappa shape index (κ1) is 29.7. The van der Waals surface area contributed by atoms with E-state index in [2.05, 4.69) is 25.9 Å². The lowest BCUT2D eigenvalue weighted by atomic mass is 10.1. The molecule has 0 bridgehead atoms. The van der Waals surface area contributed by atoms with Crippen LogP contribution in [0.2, 0.25) is 0 Å². The highest BCUT2D eigenvalue weighted by Crippen LogP contribution is 2.29. The second kappa shape index (κ2) is 13.9. The summed E-state index contributed by atoms with van der Waals surface area (Å²) in [5.74, 6) is -1.68. The van der Waals surface area contributed by atoms with E-state index in [0.717, 1.165) is 31.6 Å². The van der Waals surface area contributed by atoms with Crippen LogP contribution in [-0.4, -0.2) is 58.0 Å². The van der Waals surface area contributed by atoms with E-state index in [1.807, 2.05) is 50.2 Å². The summed E-state index contributed by atoms with van der Waals surface area (Å²) < 4.78 is 1.86. The van der Waals surface area contributed by atoms with E-state index in [4.69, 9.17) is 0 Å². The van der Waals surface area contributed by atoms with Gasteiger partial charge in [0.25, 0.3) is 0 Å². The highest BCUT2D eigenvalue weighted by Gasteiger charge is 2.22. The molecule has 0 unspecified atom stereocenters. The minimum Gasteiger partial charge on any atom is -0.324 e. The number of unbranched alkanes of at least 4 members (excludes halogenated alkanes) is 2. The molecule has 0 saturated heterocycles. The van der Waals surface area contributed by atoms with Gasteiger partial charge in [-0.15, -0.1) is 0 Å². The van der Waals surface area contributed by atoms with Crippen LogP contribution in [0.1, 0.15) is 43.2 Å². The van der Waals surface area contributed by atoms with Crippen LogP contribution in [0.4, 0.5) is 10.3 Å². The average molecular weight is 595 g/mol. The smallest absolute Gasteiger partial charge is 0.245 e. The van der Waals surface area contributed by atoms with Crippen molar-refractivity contribution < 1.29 is 24.0 Å². The SMILES string of the molecule is Cc1cccc2sc(NC(=O)CN(CC(=O)Nc3nc4c(C)cccc4s3)C(=O)CCCCCC(=O)NC=O)nc12. The van der Waals surface area contributed by atoms with Gasteiger partial charge in [0, 0.05) is 12.8 Å². The maximum Gasteiger partial charge on any atom is 0.245 e. The van der Waals surface area contributed by atoms with Gasteiger partial charge in [0.1, 0.15) is 13.1 Å². The number of amides is 5. The third kappa shape index (κ3) is 8.14. The topological polar surface area (TPSA) is 150 Å². The van der Waals surface area contributed by atoms with E-state index >= 15 is 0 Å². The number of aryl methyl sites for hydroxylation is 2. The number of aromatic nitrogens is 2. The number of nitrogens with one attached hydrogen (secondary N) is 3. The number of hydrogen-bond acceptors (Lipinski definition) is 9. The summed E-state index contributed by atoms with van der Waals surface area (Å²) >= 11 is 2.66. The molecule has 11 nitrogen and oxygen atoms in total. The predicted molar refractivity (Wildman–Crippen MR) is 160 cm³/mol. The minimum atomic E-state index is -0.469. The van der Waals surface area contributed by atoms with Crippen LogP contribution in [0.3, 0.4) is 0 Å². The molecular formula is C28H30N6O5S2. The molecular weight excluding hydrogens is 564 g/mol. The lowest BCUT2D eigenvalue weighted by Gasteiger charge is -2.21. The molecule has 0 aliphatic heterocycles. The third-order valence-electron chi connectivity index (χ3n) is 6.27. The maximum atomic E-state index is 13.1. The molecule has 0 spiro atoms. The molecule has 5 amide bonds. The van der Waals surface area contributed by atoms with Crippen LogP contribution in [0.5, 0.6) is 0 Å². The summed E-state index contributed by atoms with van der Waals surface area (Å²) in [6.07, 6.45) is 2.13. The zero-order valence-electron chi connectivity index (χ0n) is 22.7. The summed E-state index contributed by atoms with van der Waals surface area (Å²) in [7, 11) is 0. The van der Waals surface area contributed by atoms with E-state index in [0.29, 0.717) is 35.9 Å². The van der Waals surface area contributed by atoms with Gasteiger partial charge in [-0.1, -0.05) is 53.4 Å². The fourth-order valence-electron chi connectivity index (χ4n) is 4.21. The molecule has 41 heavy (non-hydrogen) atoms. The molecule has 3 N–H and O–H groups in total. The van der Waals surface area contributed by atoms with Crippen molar-refractivity contribution in [1.29, 1.82) is 0 Å². The number of nitrogens with zero attached hydrogens (tertiary/aromatic N) is 3. The van der Waals surface area contributed by atoms with E-state index in [1.54, 1.807) is 0 Å². The van der Waals surface area contributed by atoms with Crippen molar-refractivity contribution >= 4 is 83.4 Å². The fourth-order valence-corrected chi connectivity index (χ4v) is 6.13. The van der Waals surface area contributed by atoms with Crippen molar-refractivity contribution in [2.75, 3.05) is 23.7 Å². The van der Waals surface area contributed by atoms with Gasteiger partial charge in [-0.05, 0) is 49.9 Å². The molecule has 2 aromatic carbocycles. The Bertz CT molecular complexity index is 1500. The highest BCUT2D eigenvalue weighted by atomic mass is 32.1. The number of para-hydroxylation sites is 2. The number of fused-ring (bicyclic) bond motifs is 2. The quantitative estimate of drug-likeness (QED) is 0.155. The first-order chi connectivity index (χ1) is 19.7. The molecule has 2 heterocycles. The van der Waals surface area contributed by atoms with E-state index in [9.17, 15) is 24.0 Å². The Labute approximate surface area is 244 Å². The van der Waals surface area contributed by atoms with Gasteiger partial charge < -0.3 is 15.5 Å². The molecule has 214 valence electrons. The molecule has 4 rings (SSSR count). The number of benzene rings is 2. The van der Waals surface area contributed by atoms with Crippen LogP contribution in [0.25, 0.3) is 20.4 Å². The second-order valence-corrected chi connectivity index (χ2v) is 11.5. The van der Waals surface area contributed by atoms with Gasteiger partial charge in [-0.3, -0.25) is 29.3 Å². The molecule has 0 saturated carbocycles. The van der Waals surface area contributed by atoms with E-state index < -0.39 is 11.8 Å². The minimum absolute atomic E-state index is 0.0938. The lowest BCUT2D eigenvalue weighted by molar-refractivity contribution is -0.137. The fraction of sp³-hybridized carbons (Fsp3) is 0.321. The van der Waals surface area contributed by atoms with Gasteiger partial charge in [0.15, 0.2) is 10.3 Å². The first-order valence-electron chi connectivity index (χ1n) is 13.1. The maximum absolute atomic E-state index is 13.1. The Morgan fingerprint density at radius 2 is 1.27 bits per heavy atom. The van der Waals surface area contributed by atoms with Crippen LogP contribution in [-0.2, 0) is 24.0 Å². The summed E-state index contributed by atoms with van der Waals surface area (Å²) in [4.78, 5) is 70.9. The first-order valence-corrected chi connectivity index (χ1v) is 14.7. The number of rotatable bonds is 13. The second-order valence-electron chi connectivity index (χ2n) is 9.47. The number of carbonyl (C=O) groups is 5. The molecule has 2 aromatic heterocycles. The summed E-state index contributed by atoms with van der Waals surface area (Å²) in [5, 5.41) is 8.40. The molecule has 4 aromatic rings. The Morgan fingerprint density at radius 1 is 0.756 bits per heavy atom. The number of thiazole rings is 2. The third-order valence-corrected chi connectivity index (χ3v) is 8.14. The van der Waals surface area contributed by atoms with Gasteiger partial charge >= 0.3 is 0 Å². The van der Waals surface area contributed by atoms with Crippen molar-refractivity contribution in [1.82, 2.24) is 20.2 Å². The largest absolute Gasteiger partial charge is 0.324 e. The normalized spacial score (nSPS) is 10.9. The van der Waals surface area contributed by atoms with Crippen LogP contribution < -0.4 is 16.0 Å². The van der Waals surface area contributed by atoms with Gasteiger partial charge in [0.05, 0.1) is 20.4 Å². The Hall–Kier alpha value is -4.23. The molecule has 0 atom stereocenters. The van der Waals surface area contributed by atoms with Gasteiger partial charge in [-0.2, -0.15) is 0 Å². The van der Waals surface area contributed by atoms with E-state index in [-0.39, 0.29) is 37.7 Å².